The van der Waals surface area contributed by atoms with Gasteiger partial charge in [0.05, 0.1) is 6.04 Å². The van der Waals surface area contributed by atoms with Crippen LogP contribution in [0.3, 0.4) is 0 Å². The molecule has 1 aromatic rings. The van der Waals surface area contributed by atoms with Crippen LogP contribution in [0.25, 0.3) is 0 Å². The highest BCUT2D eigenvalue weighted by Gasteiger charge is 2.33. The second kappa shape index (κ2) is 6.21. The molecule has 1 saturated heterocycles. The van der Waals surface area contributed by atoms with Crippen LogP contribution < -0.4 is 5.73 Å². The number of hydrogen-bond acceptors (Lipinski definition) is 2. The van der Waals surface area contributed by atoms with Gasteiger partial charge >= 0.3 is 0 Å². The average Bonchev–Trinajstić information content (AvgIpc) is 2.52. The van der Waals surface area contributed by atoms with Crippen molar-refractivity contribution in [3.05, 3.63) is 34.6 Å². The normalized spacial score (nSPS) is 25.6. The van der Waals surface area contributed by atoms with E-state index in [0.717, 1.165) is 25.8 Å². The van der Waals surface area contributed by atoms with Crippen molar-refractivity contribution < 1.29 is 4.39 Å². The fraction of sp³-hybridized carbons (Fsp3) is 0.600. The van der Waals surface area contributed by atoms with Gasteiger partial charge in [-0.1, -0.05) is 24.1 Å². The molecule has 1 aromatic carbocycles. The summed E-state index contributed by atoms with van der Waals surface area (Å²) in [6, 6.07) is 4.98. The second-order valence-corrected chi connectivity index (χ2v) is 5.98. The molecule has 2 unspecified atom stereocenters. The van der Waals surface area contributed by atoms with Gasteiger partial charge in [0.15, 0.2) is 0 Å². The van der Waals surface area contributed by atoms with Crippen LogP contribution in [0.4, 0.5) is 4.39 Å². The van der Waals surface area contributed by atoms with Gasteiger partial charge in [0, 0.05) is 22.7 Å². The average molecular weight is 285 g/mol. The summed E-state index contributed by atoms with van der Waals surface area (Å²) in [5, 5.41) is 0.480. The maximum atomic E-state index is 14.2. The van der Waals surface area contributed by atoms with Crippen molar-refractivity contribution in [2.45, 2.75) is 51.2 Å². The van der Waals surface area contributed by atoms with Gasteiger partial charge < -0.3 is 5.73 Å². The van der Waals surface area contributed by atoms with E-state index in [1.165, 1.54) is 6.07 Å². The molecule has 2 N–H and O–H groups in total. The maximum absolute atomic E-state index is 14.2. The highest BCUT2D eigenvalue weighted by Crippen LogP contribution is 2.36. The fourth-order valence-corrected chi connectivity index (χ4v) is 3.24. The standard InChI is InChI=1S/C15H22ClFN2/c1-10(2)19-9-4-3-8-13(18)15(19)14-11(16)6-5-7-12(14)17/h5-7,10,13,15H,3-4,8-9,18H2,1-2H3. The van der Waals surface area contributed by atoms with E-state index in [0.29, 0.717) is 16.6 Å². The van der Waals surface area contributed by atoms with Crippen LogP contribution in [0.15, 0.2) is 18.2 Å². The summed E-state index contributed by atoms with van der Waals surface area (Å²) in [6.45, 7) is 5.19. The molecule has 1 aliphatic rings. The number of halogens is 2. The molecule has 2 nitrogen and oxygen atoms in total. The predicted octanol–water partition coefficient (Wildman–Crippen LogP) is 3.74. The molecule has 1 fully saturated rings. The van der Waals surface area contributed by atoms with E-state index < -0.39 is 0 Å². The van der Waals surface area contributed by atoms with Crippen molar-refractivity contribution in [2.24, 2.45) is 5.73 Å². The summed E-state index contributed by atoms with van der Waals surface area (Å²) in [4.78, 5) is 2.28. The Morgan fingerprint density at radius 3 is 2.74 bits per heavy atom. The van der Waals surface area contributed by atoms with E-state index in [2.05, 4.69) is 18.7 Å². The van der Waals surface area contributed by atoms with E-state index in [1.54, 1.807) is 12.1 Å². The van der Waals surface area contributed by atoms with Gasteiger partial charge in [-0.15, -0.1) is 0 Å². The summed E-state index contributed by atoms with van der Waals surface area (Å²) >= 11 is 6.23. The van der Waals surface area contributed by atoms with Gasteiger partial charge in [-0.2, -0.15) is 0 Å². The van der Waals surface area contributed by atoms with Crippen molar-refractivity contribution in [3.63, 3.8) is 0 Å². The molecule has 19 heavy (non-hydrogen) atoms. The van der Waals surface area contributed by atoms with Crippen LogP contribution in [0.2, 0.25) is 5.02 Å². The monoisotopic (exact) mass is 284 g/mol. The number of hydrogen-bond donors (Lipinski definition) is 1. The molecule has 0 saturated carbocycles. The third-order valence-corrected chi connectivity index (χ3v) is 4.25. The van der Waals surface area contributed by atoms with Crippen molar-refractivity contribution in [3.8, 4) is 0 Å². The van der Waals surface area contributed by atoms with Gasteiger partial charge in [-0.3, -0.25) is 4.90 Å². The molecule has 2 atom stereocenters. The highest BCUT2D eigenvalue weighted by atomic mass is 35.5. The van der Waals surface area contributed by atoms with Crippen LogP contribution in [-0.2, 0) is 0 Å². The Balaban J connectivity index is 2.46. The van der Waals surface area contributed by atoms with E-state index in [-0.39, 0.29) is 17.9 Å². The number of nitrogens with two attached hydrogens (primary N) is 1. The maximum Gasteiger partial charge on any atom is 0.129 e. The Morgan fingerprint density at radius 2 is 2.11 bits per heavy atom. The topological polar surface area (TPSA) is 29.3 Å². The third-order valence-electron chi connectivity index (χ3n) is 3.93. The Kier molecular flexibility index (Phi) is 4.82. The summed E-state index contributed by atoms with van der Waals surface area (Å²) in [7, 11) is 0. The first-order valence-corrected chi connectivity index (χ1v) is 7.35. The second-order valence-electron chi connectivity index (χ2n) is 5.57. The molecule has 0 amide bonds. The van der Waals surface area contributed by atoms with Gasteiger partial charge in [0.2, 0.25) is 0 Å². The lowest BCUT2D eigenvalue weighted by Gasteiger charge is -2.37. The minimum absolute atomic E-state index is 0.0701. The summed E-state index contributed by atoms with van der Waals surface area (Å²) in [5.74, 6) is -0.250. The third kappa shape index (κ3) is 3.10. The zero-order valence-corrected chi connectivity index (χ0v) is 12.3. The lowest BCUT2D eigenvalue weighted by molar-refractivity contribution is 0.141. The minimum Gasteiger partial charge on any atom is -0.326 e. The highest BCUT2D eigenvalue weighted by molar-refractivity contribution is 6.31. The van der Waals surface area contributed by atoms with E-state index in [9.17, 15) is 4.39 Å². The molecule has 4 heteroatoms. The first-order valence-electron chi connectivity index (χ1n) is 6.97. The van der Waals surface area contributed by atoms with Crippen LogP contribution in [0, 0.1) is 5.82 Å². The van der Waals surface area contributed by atoms with E-state index in [4.69, 9.17) is 17.3 Å². The zero-order valence-electron chi connectivity index (χ0n) is 11.6. The first kappa shape index (κ1) is 14.8. The molecule has 0 aromatic heterocycles. The molecule has 0 radical (unpaired) electrons. The van der Waals surface area contributed by atoms with Crippen molar-refractivity contribution >= 4 is 11.6 Å². The van der Waals surface area contributed by atoms with Crippen LogP contribution in [-0.4, -0.2) is 23.5 Å². The minimum atomic E-state index is -0.250. The summed E-state index contributed by atoms with van der Waals surface area (Å²) < 4.78 is 14.2. The van der Waals surface area contributed by atoms with Gasteiger partial charge in [0.1, 0.15) is 5.82 Å². The summed E-state index contributed by atoms with van der Waals surface area (Å²) in [5.41, 5.74) is 6.87. The molecule has 0 spiro atoms. The number of rotatable bonds is 2. The molecular formula is C15H22ClFN2. The molecule has 1 aliphatic heterocycles. The van der Waals surface area contributed by atoms with Gasteiger partial charge in [-0.05, 0) is 45.4 Å². The Bertz CT molecular complexity index is 416. The number of nitrogens with zero attached hydrogens (tertiary/aromatic N) is 1. The molecule has 0 bridgehead atoms. The molecule has 0 aliphatic carbocycles. The quantitative estimate of drug-likeness (QED) is 0.896. The lowest BCUT2D eigenvalue weighted by atomic mass is 9.95. The largest absolute Gasteiger partial charge is 0.326 e. The fourth-order valence-electron chi connectivity index (χ4n) is 2.97. The number of benzene rings is 1. The predicted molar refractivity (Wildman–Crippen MR) is 77.8 cm³/mol. The van der Waals surface area contributed by atoms with E-state index >= 15 is 0 Å². The molecule has 1 heterocycles. The Labute approximate surface area is 119 Å². The van der Waals surface area contributed by atoms with Crippen molar-refractivity contribution in [1.29, 1.82) is 0 Å². The SMILES string of the molecule is CC(C)N1CCCCC(N)C1c1c(F)cccc1Cl. The summed E-state index contributed by atoms with van der Waals surface area (Å²) in [6.07, 6.45) is 3.11. The van der Waals surface area contributed by atoms with Crippen molar-refractivity contribution in [2.75, 3.05) is 6.54 Å². The smallest absolute Gasteiger partial charge is 0.129 e. The zero-order chi connectivity index (χ0) is 14.0. The number of likely N-dealkylation sites (tertiary alicyclic amines) is 1. The first-order chi connectivity index (χ1) is 9.02. The van der Waals surface area contributed by atoms with Crippen LogP contribution in [0.1, 0.15) is 44.7 Å². The van der Waals surface area contributed by atoms with Gasteiger partial charge in [-0.25, -0.2) is 4.39 Å². The Morgan fingerprint density at radius 1 is 1.37 bits per heavy atom. The van der Waals surface area contributed by atoms with E-state index in [1.807, 2.05) is 0 Å². The van der Waals surface area contributed by atoms with Gasteiger partial charge in [0.25, 0.3) is 0 Å². The molecular weight excluding hydrogens is 263 g/mol. The molecule has 106 valence electrons. The van der Waals surface area contributed by atoms with Crippen LogP contribution >= 0.6 is 11.6 Å². The molecule has 2 rings (SSSR count). The van der Waals surface area contributed by atoms with Crippen molar-refractivity contribution in [1.82, 2.24) is 4.90 Å². The van der Waals surface area contributed by atoms with Crippen LogP contribution in [0.5, 0.6) is 0 Å². The Hall–Kier alpha value is -0.640. The lowest BCUT2D eigenvalue weighted by Crippen LogP contribution is -2.43.